The third-order valence-corrected chi connectivity index (χ3v) is 5.79. The highest BCUT2D eigenvalue weighted by molar-refractivity contribution is 8.01. The Morgan fingerprint density at radius 3 is 1.86 bits per heavy atom. The molecule has 0 saturated heterocycles. The summed E-state index contributed by atoms with van der Waals surface area (Å²) in [4.78, 5) is 0. The van der Waals surface area contributed by atoms with E-state index < -0.39 is 0 Å². The molecule has 21 heavy (non-hydrogen) atoms. The van der Waals surface area contributed by atoms with Crippen molar-refractivity contribution in [2.75, 3.05) is 0 Å². The first-order chi connectivity index (χ1) is 9.43. The van der Waals surface area contributed by atoms with Crippen LogP contribution in [0.4, 0.5) is 0 Å². The fourth-order valence-electron chi connectivity index (χ4n) is 2.91. The third kappa shape index (κ3) is 6.46. The van der Waals surface area contributed by atoms with Crippen LogP contribution in [0.15, 0.2) is 30.3 Å². The zero-order valence-electron chi connectivity index (χ0n) is 15.3. The number of benzene rings is 1. The smallest absolute Gasteiger partial charge is 0.0109 e. The molecule has 0 aliphatic rings. The normalized spacial score (nSPS) is 15.0. The van der Waals surface area contributed by atoms with Gasteiger partial charge < -0.3 is 0 Å². The van der Waals surface area contributed by atoms with Gasteiger partial charge >= 0.3 is 0 Å². The Morgan fingerprint density at radius 2 is 1.38 bits per heavy atom. The highest BCUT2D eigenvalue weighted by Gasteiger charge is 2.32. The Bertz CT molecular complexity index is 423. The van der Waals surface area contributed by atoms with E-state index in [4.69, 9.17) is 0 Å². The molecular formula is C20H34S. The lowest BCUT2D eigenvalue weighted by Crippen LogP contribution is -2.28. The van der Waals surface area contributed by atoms with Gasteiger partial charge in [-0.25, -0.2) is 0 Å². The Hall–Kier alpha value is -0.430. The molecule has 0 nitrogen and oxygen atoms in total. The Morgan fingerprint density at radius 1 is 0.857 bits per heavy atom. The first kappa shape index (κ1) is 18.6. The summed E-state index contributed by atoms with van der Waals surface area (Å²) in [5.41, 5.74) is 1.79. The quantitative estimate of drug-likeness (QED) is 0.550. The van der Waals surface area contributed by atoms with E-state index in [0.717, 1.165) is 0 Å². The van der Waals surface area contributed by atoms with Crippen molar-refractivity contribution in [1.29, 1.82) is 0 Å². The van der Waals surface area contributed by atoms with Crippen LogP contribution in [0.3, 0.4) is 0 Å². The van der Waals surface area contributed by atoms with Gasteiger partial charge in [-0.15, -0.1) is 11.8 Å². The minimum absolute atomic E-state index is 0.330. The van der Waals surface area contributed by atoms with Gasteiger partial charge in [-0.2, -0.15) is 0 Å². The molecule has 1 heteroatoms. The molecule has 0 bridgehead atoms. The van der Waals surface area contributed by atoms with Crippen LogP contribution < -0.4 is 0 Å². The van der Waals surface area contributed by atoms with E-state index in [-0.39, 0.29) is 0 Å². The second-order valence-electron chi connectivity index (χ2n) is 8.60. The Kier molecular flexibility index (Phi) is 6.00. The van der Waals surface area contributed by atoms with Crippen LogP contribution in [0.25, 0.3) is 0 Å². The number of thioether (sulfide) groups is 1. The molecule has 0 heterocycles. The lowest BCUT2D eigenvalue weighted by molar-refractivity contribution is 0.259. The van der Waals surface area contributed by atoms with Crippen LogP contribution in [-0.4, -0.2) is 9.49 Å². The molecule has 0 fully saturated rings. The molecule has 1 aromatic rings. The molecule has 1 rings (SSSR count). The fraction of sp³-hybridized carbons (Fsp3) is 0.700. The lowest BCUT2D eigenvalue weighted by Gasteiger charge is -2.38. The average Bonchev–Trinajstić information content (AvgIpc) is 2.34. The summed E-state index contributed by atoms with van der Waals surface area (Å²) in [6.45, 7) is 19.0. The second-order valence-corrected chi connectivity index (χ2v) is 11.1. The summed E-state index contributed by atoms with van der Waals surface area (Å²) in [5.74, 6) is 0.592. The van der Waals surface area contributed by atoms with Crippen molar-refractivity contribution in [3.63, 3.8) is 0 Å². The molecule has 0 unspecified atom stereocenters. The molecule has 0 aliphatic carbocycles. The van der Waals surface area contributed by atoms with Crippen molar-refractivity contribution in [1.82, 2.24) is 0 Å². The number of hydrogen-bond acceptors (Lipinski definition) is 1. The molecule has 0 radical (unpaired) electrons. The van der Waals surface area contributed by atoms with E-state index in [1.807, 2.05) is 0 Å². The van der Waals surface area contributed by atoms with Crippen LogP contribution >= 0.6 is 11.8 Å². The first-order valence-electron chi connectivity index (χ1n) is 8.18. The summed E-state index contributed by atoms with van der Waals surface area (Å²) in [5, 5.41) is 0. The molecule has 0 N–H and O–H groups in total. The predicted octanol–water partition coefficient (Wildman–Crippen LogP) is 6.91. The summed E-state index contributed by atoms with van der Waals surface area (Å²) in [7, 11) is 0. The van der Waals surface area contributed by atoms with E-state index in [1.54, 1.807) is 0 Å². The van der Waals surface area contributed by atoms with Crippen molar-refractivity contribution in [3.05, 3.63) is 35.9 Å². The molecule has 0 saturated carbocycles. The molecular weight excluding hydrogens is 272 g/mol. The van der Waals surface area contributed by atoms with Crippen LogP contribution in [-0.2, 0) is 0 Å². The van der Waals surface area contributed by atoms with Gasteiger partial charge in [0.2, 0.25) is 0 Å². The largest absolute Gasteiger partial charge is 0.150 e. The van der Waals surface area contributed by atoms with E-state index in [2.05, 4.69) is 97.5 Å². The summed E-state index contributed by atoms with van der Waals surface area (Å²) in [6.07, 6.45) is 2.53. The van der Waals surface area contributed by atoms with Crippen molar-refractivity contribution in [3.8, 4) is 0 Å². The van der Waals surface area contributed by atoms with Crippen LogP contribution in [0, 0.1) is 5.41 Å². The summed E-state index contributed by atoms with van der Waals surface area (Å²) < 4.78 is 0.671. The van der Waals surface area contributed by atoms with Gasteiger partial charge in [0, 0.05) is 9.49 Å². The second kappa shape index (κ2) is 6.77. The number of rotatable bonds is 6. The van der Waals surface area contributed by atoms with Gasteiger partial charge in [0.15, 0.2) is 0 Å². The monoisotopic (exact) mass is 306 g/mol. The lowest BCUT2D eigenvalue weighted by atomic mass is 9.72. The third-order valence-electron chi connectivity index (χ3n) is 4.43. The standard InChI is InChI=1S/C20H34S/c1-16(17-12-10-9-11-13-17)19(5,6)14-15-20(7,8)21-18(2,3)4/h9-13,16H,14-15H2,1-8H3/t16-/m1/s1. The molecule has 1 atom stereocenters. The maximum absolute atomic E-state index is 2.42. The summed E-state index contributed by atoms with van der Waals surface area (Å²) in [6, 6.07) is 10.9. The van der Waals surface area contributed by atoms with Crippen molar-refractivity contribution >= 4 is 11.8 Å². The average molecular weight is 307 g/mol. The minimum Gasteiger partial charge on any atom is -0.150 e. The van der Waals surface area contributed by atoms with Crippen LogP contribution in [0.2, 0.25) is 0 Å². The van der Waals surface area contributed by atoms with E-state index in [0.29, 0.717) is 20.8 Å². The van der Waals surface area contributed by atoms with Gasteiger partial charge in [-0.05, 0) is 29.7 Å². The SMILES string of the molecule is C[C@H](c1ccccc1)C(C)(C)CCC(C)(C)SC(C)(C)C. The molecule has 120 valence electrons. The first-order valence-corrected chi connectivity index (χ1v) is 9.00. The van der Waals surface area contributed by atoms with Gasteiger partial charge in [0.1, 0.15) is 0 Å². The molecule has 0 amide bonds. The van der Waals surface area contributed by atoms with Gasteiger partial charge in [0.25, 0.3) is 0 Å². The Balaban J connectivity index is 2.68. The highest BCUT2D eigenvalue weighted by atomic mass is 32.2. The van der Waals surface area contributed by atoms with E-state index >= 15 is 0 Å². The molecule has 1 aromatic carbocycles. The highest BCUT2D eigenvalue weighted by Crippen LogP contribution is 2.45. The summed E-state index contributed by atoms with van der Waals surface area (Å²) >= 11 is 2.11. The van der Waals surface area contributed by atoms with Crippen LogP contribution in [0.1, 0.15) is 79.7 Å². The van der Waals surface area contributed by atoms with Crippen molar-refractivity contribution < 1.29 is 0 Å². The molecule has 0 aliphatic heterocycles. The van der Waals surface area contributed by atoms with Gasteiger partial charge in [-0.1, -0.05) is 85.7 Å². The zero-order valence-corrected chi connectivity index (χ0v) is 16.1. The predicted molar refractivity (Wildman–Crippen MR) is 99.3 cm³/mol. The fourth-order valence-corrected chi connectivity index (χ4v) is 4.77. The van der Waals surface area contributed by atoms with Gasteiger partial charge in [-0.3, -0.25) is 0 Å². The molecule has 0 spiro atoms. The number of hydrogen-bond donors (Lipinski definition) is 0. The van der Waals surface area contributed by atoms with Crippen molar-refractivity contribution in [2.45, 2.75) is 83.6 Å². The van der Waals surface area contributed by atoms with E-state index in [1.165, 1.54) is 18.4 Å². The van der Waals surface area contributed by atoms with Crippen molar-refractivity contribution in [2.24, 2.45) is 5.41 Å². The van der Waals surface area contributed by atoms with Gasteiger partial charge in [0.05, 0.1) is 0 Å². The zero-order chi connectivity index (χ0) is 16.3. The van der Waals surface area contributed by atoms with Crippen LogP contribution in [0.5, 0.6) is 0 Å². The maximum Gasteiger partial charge on any atom is 0.0109 e. The Labute approximate surface area is 137 Å². The topological polar surface area (TPSA) is 0 Å². The van der Waals surface area contributed by atoms with E-state index in [9.17, 15) is 0 Å². The molecule has 0 aromatic heterocycles. The minimum atomic E-state index is 0.330. The maximum atomic E-state index is 2.42.